The summed E-state index contributed by atoms with van der Waals surface area (Å²) in [7, 11) is 2.92. The molecule has 0 aliphatic heterocycles. The molecule has 0 radical (unpaired) electrons. The lowest BCUT2D eigenvalue weighted by atomic mass is 10.0. The van der Waals surface area contributed by atoms with E-state index in [0.717, 1.165) is 11.1 Å². The smallest absolute Gasteiger partial charge is 0.307 e. The van der Waals surface area contributed by atoms with Crippen LogP contribution < -0.4 is 0 Å². The predicted molar refractivity (Wildman–Crippen MR) is 80.3 cm³/mol. The van der Waals surface area contributed by atoms with Gasteiger partial charge in [0.15, 0.2) is 0 Å². The number of methoxy groups -OCH3 is 2. The van der Waals surface area contributed by atoms with Gasteiger partial charge in [0.25, 0.3) is 5.91 Å². The monoisotopic (exact) mass is 293 g/mol. The molecule has 1 aromatic rings. The minimum Gasteiger partial charge on any atom is -0.469 e. The van der Waals surface area contributed by atoms with Gasteiger partial charge in [-0.3, -0.25) is 9.59 Å². The summed E-state index contributed by atoms with van der Waals surface area (Å²) in [6, 6.07) is 5.71. The van der Waals surface area contributed by atoms with Gasteiger partial charge in [-0.1, -0.05) is 17.7 Å². The van der Waals surface area contributed by atoms with E-state index in [1.165, 1.54) is 7.11 Å². The van der Waals surface area contributed by atoms with Crippen molar-refractivity contribution >= 4 is 11.9 Å². The van der Waals surface area contributed by atoms with Crippen LogP contribution in [0.4, 0.5) is 0 Å². The van der Waals surface area contributed by atoms with Crippen LogP contribution in [0, 0.1) is 13.8 Å². The fourth-order valence-corrected chi connectivity index (χ4v) is 2.07. The quantitative estimate of drug-likeness (QED) is 0.721. The summed E-state index contributed by atoms with van der Waals surface area (Å²) >= 11 is 0. The number of amides is 1. The molecule has 1 aromatic carbocycles. The van der Waals surface area contributed by atoms with Gasteiger partial charge in [0.2, 0.25) is 0 Å². The van der Waals surface area contributed by atoms with Crippen molar-refractivity contribution in [1.82, 2.24) is 4.90 Å². The molecule has 5 heteroatoms. The minimum atomic E-state index is -0.328. The van der Waals surface area contributed by atoms with Crippen molar-refractivity contribution in [1.29, 1.82) is 0 Å². The van der Waals surface area contributed by atoms with Crippen LogP contribution in [-0.4, -0.2) is 50.7 Å². The maximum absolute atomic E-state index is 12.6. The molecule has 0 saturated carbocycles. The number of hydrogen-bond donors (Lipinski definition) is 0. The maximum atomic E-state index is 12.6. The molecule has 0 fully saturated rings. The van der Waals surface area contributed by atoms with Gasteiger partial charge in [-0.25, -0.2) is 0 Å². The highest BCUT2D eigenvalue weighted by Gasteiger charge is 2.18. The van der Waals surface area contributed by atoms with Gasteiger partial charge < -0.3 is 14.4 Å². The normalized spacial score (nSPS) is 10.3. The Bertz CT molecular complexity index is 499. The Morgan fingerprint density at radius 2 is 1.86 bits per heavy atom. The first-order chi connectivity index (χ1) is 9.99. The van der Waals surface area contributed by atoms with Crippen LogP contribution >= 0.6 is 0 Å². The zero-order chi connectivity index (χ0) is 15.8. The molecule has 5 nitrogen and oxygen atoms in total. The van der Waals surface area contributed by atoms with E-state index in [0.29, 0.717) is 25.3 Å². The third kappa shape index (κ3) is 5.19. The van der Waals surface area contributed by atoms with Crippen LogP contribution in [0.2, 0.25) is 0 Å². The molecule has 1 amide bonds. The van der Waals surface area contributed by atoms with Crippen LogP contribution in [-0.2, 0) is 14.3 Å². The zero-order valence-corrected chi connectivity index (χ0v) is 13.1. The van der Waals surface area contributed by atoms with E-state index in [1.54, 1.807) is 12.0 Å². The highest BCUT2D eigenvalue weighted by atomic mass is 16.5. The molecule has 116 valence electrons. The molecule has 0 bridgehead atoms. The van der Waals surface area contributed by atoms with Crippen molar-refractivity contribution < 1.29 is 19.1 Å². The fraction of sp³-hybridized carbons (Fsp3) is 0.500. The first kappa shape index (κ1) is 17.2. The molecule has 0 heterocycles. The van der Waals surface area contributed by atoms with E-state index < -0.39 is 0 Å². The second-order valence-electron chi connectivity index (χ2n) is 4.93. The number of hydrogen-bond acceptors (Lipinski definition) is 4. The number of aryl methyl sites for hydroxylation is 2. The van der Waals surface area contributed by atoms with Gasteiger partial charge in [-0.15, -0.1) is 0 Å². The SMILES string of the molecule is COCCN(CCC(=O)OC)C(=O)c1ccc(C)cc1C. The molecule has 1 rings (SSSR count). The van der Waals surface area contributed by atoms with Gasteiger partial charge in [0, 0.05) is 25.8 Å². The highest BCUT2D eigenvalue weighted by Crippen LogP contribution is 2.13. The van der Waals surface area contributed by atoms with Crippen molar-refractivity contribution in [2.24, 2.45) is 0 Å². The molecule has 0 saturated heterocycles. The molecular formula is C16H23NO4. The van der Waals surface area contributed by atoms with E-state index in [9.17, 15) is 9.59 Å². The van der Waals surface area contributed by atoms with Crippen molar-refractivity contribution in [3.05, 3.63) is 34.9 Å². The Morgan fingerprint density at radius 3 is 2.43 bits per heavy atom. The van der Waals surface area contributed by atoms with E-state index in [4.69, 9.17) is 4.74 Å². The largest absolute Gasteiger partial charge is 0.469 e. The number of rotatable bonds is 7. The van der Waals surface area contributed by atoms with E-state index in [-0.39, 0.29) is 18.3 Å². The highest BCUT2D eigenvalue weighted by molar-refractivity contribution is 5.95. The van der Waals surface area contributed by atoms with Crippen molar-refractivity contribution in [2.75, 3.05) is 33.9 Å². The second kappa shape index (κ2) is 8.42. The van der Waals surface area contributed by atoms with Crippen LogP contribution in [0.15, 0.2) is 18.2 Å². The van der Waals surface area contributed by atoms with Gasteiger partial charge >= 0.3 is 5.97 Å². The number of carbonyl (C=O) groups is 2. The molecule has 0 N–H and O–H groups in total. The Kier molecular flexibility index (Phi) is 6.88. The van der Waals surface area contributed by atoms with E-state index in [1.807, 2.05) is 32.0 Å². The Balaban J connectivity index is 2.85. The van der Waals surface area contributed by atoms with Crippen molar-refractivity contribution in [3.63, 3.8) is 0 Å². The van der Waals surface area contributed by atoms with Crippen LogP contribution in [0.5, 0.6) is 0 Å². The summed E-state index contributed by atoms with van der Waals surface area (Å²) in [5, 5.41) is 0. The first-order valence-corrected chi connectivity index (χ1v) is 6.92. The zero-order valence-electron chi connectivity index (χ0n) is 13.1. The van der Waals surface area contributed by atoms with Gasteiger partial charge in [0.05, 0.1) is 20.1 Å². The molecule has 21 heavy (non-hydrogen) atoms. The average Bonchev–Trinajstić information content (AvgIpc) is 2.46. The molecule has 0 spiro atoms. The molecule has 0 aliphatic carbocycles. The number of ether oxygens (including phenoxy) is 2. The summed E-state index contributed by atoms with van der Waals surface area (Å²) in [6.07, 6.45) is 0.177. The number of benzene rings is 1. The lowest BCUT2D eigenvalue weighted by Crippen LogP contribution is -2.36. The maximum Gasteiger partial charge on any atom is 0.307 e. The summed E-state index contributed by atoms with van der Waals surface area (Å²) in [4.78, 5) is 25.5. The standard InChI is InChI=1S/C16H23NO4/c1-12-5-6-14(13(2)11-12)16(19)17(9-10-20-3)8-7-15(18)21-4/h5-6,11H,7-10H2,1-4H3. The Morgan fingerprint density at radius 1 is 1.14 bits per heavy atom. The number of nitrogens with zero attached hydrogens (tertiary/aromatic N) is 1. The van der Waals surface area contributed by atoms with E-state index >= 15 is 0 Å². The summed E-state index contributed by atoms with van der Waals surface area (Å²) in [6.45, 7) is 5.09. The predicted octanol–water partition coefficient (Wildman–Crippen LogP) is 1.96. The lowest BCUT2D eigenvalue weighted by molar-refractivity contribution is -0.140. The Labute approximate surface area is 125 Å². The average molecular weight is 293 g/mol. The van der Waals surface area contributed by atoms with Crippen molar-refractivity contribution in [2.45, 2.75) is 20.3 Å². The van der Waals surface area contributed by atoms with Gasteiger partial charge in [0.1, 0.15) is 0 Å². The first-order valence-electron chi connectivity index (χ1n) is 6.92. The van der Waals surface area contributed by atoms with Crippen LogP contribution in [0.25, 0.3) is 0 Å². The van der Waals surface area contributed by atoms with E-state index in [2.05, 4.69) is 4.74 Å². The van der Waals surface area contributed by atoms with Gasteiger partial charge in [-0.05, 0) is 25.5 Å². The number of esters is 1. The molecule has 0 atom stereocenters. The van der Waals surface area contributed by atoms with Crippen LogP contribution in [0.3, 0.4) is 0 Å². The number of carbonyl (C=O) groups excluding carboxylic acids is 2. The molecule has 0 aromatic heterocycles. The van der Waals surface area contributed by atoms with Crippen LogP contribution in [0.1, 0.15) is 27.9 Å². The second-order valence-corrected chi connectivity index (χ2v) is 4.93. The third-order valence-electron chi connectivity index (χ3n) is 3.28. The summed E-state index contributed by atoms with van der Waals surface area (Å²) < 4.78 is 9.65. The van der Waals surface area contributed by atoms with Crippen molar-refractivity contribution in [3.8, 4) is 0 Å². The Hall–Kier alpha value is -1.88. The third-order valence-corrected chi connectivity index (χ3v) is 3.28. The molecular weight excluding hydrogens is 270 g/mol. The molecule has 0 unspecified atom stereocenters. The lowest BCUT2D eigenvalue weighted by Gasteiger charge is -2.23. The topological polar surface area (TPSA) is 55.8 Å². The summed E-state index contributed by atoms with van der Waals surface area (Å²) in [5.74, 6) is -0.417. The summed E-state index contributed by atoms with van der Waals surface area (Å²) in [5.41, 5.74) is 2.70. The molecule has 0 aliphatic rings. The fourth-order valence-electron chi connectivity index (χ4n) is 2.07. The minimum absolute atomic E-state index is 0.0894. The van der Waals surface area contributed by atoms with Gasteiger partial charge in [-0.2, -0.15) is 0 Å².